The molecule has 0 atom stereocenters. The third-order valence-electron chi connectivity index (χ3n) is 9.02. The van der Waals surface area contributed by atoms with Gasteiger partial charge >= 0.3 is 5.63 Å². The van der Waals surface area contributed by atoms with Crippen molar-refractivity contribution in [3.05, 3.63) is 174 Å². The van der Waals surface area contributed by atoms with E-state index in [2.05, 4.69) is 132 Å². The Kier molecular flexibility index (Phi) is 5.97. The minimum absolute atomic E-state index is 0.319. The highest BCUT2D eigenvalue weighted by Crippen LogP contribution is 2.38. The lowest BCUT2D eigenvalue weighted by atomic mass is 9.98. The molecule has 0 aliphatic rings. The number of hydrogen-bond acceptors (Lipinski definition) is 2. The van der Waals surface area contributed by atoms with E-state index in [1.807, 2.05) is 36.4 Å². The highest BCUT2D eigenvalue weighted by Gasteiger charge is 2.16. The van der Waals surface area contributed by atoms with Crippen molar-refractivity contribution < 1.29 is 4.42 Å². The van der Waals surface area contributed by atoms with Crippen molar-refractivity contribution in [2.45, 2.75) is 0 Å². The van der Waals surface area contributed by atoms with Crippen LogP contribution in [-0.4, -0.2) is 4.57 Å². The minimum atomic E-state index is -0.319. The zero-order valence-electron chi connectivity index (χ0n) is 24.9. The molecule has 3 heteroatoms. The Bertz CT molecular complexity index is 2590. The fourth-order valence-corrected chi connectivity index (χ4v) is 6.83. The second kappa shape index (κ2) is 10.5. The second-order valence-electron chi connectivity index (χ2n) is 11.7. The first-order valence-corrected chi connectivity index (χ1v) is 15.5. The summed E-state index contributed by atoms with van der Waals surface area (Å²) in [5.74, 6) is 0. The molecule has 46 heavy (non-hydrogen) atoms. The summed E-state index contributed by atoms with van der Waals surface area (Å²) in [7, 11) is 0. The highest BCUT2D eigenvalue weighted by molar-refractivity contribution is 6.11. The fraction of sp³-hybridized carbons (Fsp3) is 0. The Balaban J connectivity index is 1.26. The third-order valence-corrected chi connectivity index (χ3v) is 9.02. The number of benzene rings is 7. The lowest BCUT2D eigenvalue weighted by molar-refractivity contribution is 0.569. The molecule has 0 N–H and O–H groups in total. The summed E-state index contributed by atoms with van der Waals surface area (Å²) in [5.41, 5.74) is 10.4. The van der Waals surface area contributed by atoms with Gasteiger partial charge in [0.05, 0.1) is 16.4 Å². The molecule has 0 fully saturated rings. The van der Waals surface area contributed by atoms with Gasteiger partial charge in [0, 0.05) is 21.8 Å². The van der Waals surface area contributed by atoms with Gasteiger partial charge in [-0.25, -0.2) is 4.79 Å². The molecule has 0 amide bonds. The van der Waals surface area contributed by atoms with Crippen molar-refractivity contribution in [2.24, 2.45) is 0 Å². The van der Waals surface area contributed by atoms with E-state index in [-0.39, 0.29) is 5.63 Å². The van der Waals surface area contributed by atoms with E-state index < -0.39 is 0 Å². The van der Waals surface area contributed by atoms with E-state index in [9.17, 15) is 4.79 Å². The van der Waals surface area contributed by atoms with Crippen LogP contribution < -0.4 is 5.63 Å². The molecular formula is C43H27NO2. The van der Waals surface area contributed by atoms with Gasteiger partial charge in [0.2, 0.25) is 0 Å². The molecule has 0 unspecified atom stereocenters. The van der Waals surface area contributed by atoms with E-state index in [0.717, 1.165) is 44.0 Å². The molecule has 0 aliphatic heterocycles. The smallest absolute Gasteiger partial charge is 0.344 e. The second-order valence-corrected chi connectivity index (χ2v) is 11.7. The van der Waals surface area contributed by atoms with Gasteiger partial charge in [-0.1, -0.05) is 115 Å². The number of fused-ring (bicyclic) bond motifs is 6. The average Bonchev–Trinajstić information content (AvgIpc) is 3.46. The normalized spacial score (nSPS) is 11.6. The summed E-state index contributed by atoms with van der Waals surface area (Å²) < 4.78 is 8.04. The minimum Gasteiger partial charge on any atom is -0.422 e. The number of aromatic nitrogens is 1. The molecule has 0 aliphatic carbocycles. The summed E-state index contributed by atoms with van der Waals surface area (Å²) in [4.78, 5) is 13.0. The molecule has 216 valence electrons. The Hall–Kier alpha value is -6.19. The Morgan fingerprint density at radius 3 is 1.65 bits per heavy atom. The van der Waals surface area contributed by atoms with Crippen LogP contribution in [0.25, 0.3) is 82.6 Å². The van der Waals surface area contributed by atoms with Crippen molar-refractivity contribution in [1.29, 1.82) is 0 Å². The fourth-order valence-electron chi connectivity index (χ4n) is 6.83. The zero-order chi connectivity index (χ0) is 30.6. The van der Waals surface area contributed by atoms with Crippen molar-refractivity contribution in [1.82, 2.24) is 4.57 Å². The van der Waals surface area contributed by atoms with Crippen LogP contribution in [-0.2, 0) is 0 Å². The SMILES string of the molecule is O=c1oc2ccccc2c2ccc(-c3ccc4c(c3)c3ccccc3n4-c3cc(-c4ccccc4)cc(-c4ccccc4)c3)cc12. The van der Waals surface area contributed by atoms with Gasteiger partial charge in [0.25, 0.3) is 0 Å². The summed E-state index contributed by atoms with van der Waals surface area (Å²) in [5, 5.41) is 4.77. The van der Waals surface area contributed by atoms with Crippen LogP contribution in [0.3, 0.4) is 0 Å². The van der Waals surface area contributed by atoms with Crippen LogP contribution in [0.15, 0.2) is 173 Å². The maximum atomic E-state index is 13.0. The molecule has 2 aromatic heterocycles. The van der Waals surface area contributed by atoms with Crippen LogP contribution >= 0.6 is 0 Å². The van der Waals surface area contributed by atoms with Crippen LogP contribution in [0.5, 0.6) is 0 Å². The van der Waals surface area contributed by atoms with Crippen LogP contribution in [0.4, 0.5) is 0 Å². The standard InChI is InChI=1S/C43H27NO2/c45-43-39-27-30(19-21-35(39)37-16-8-10-18-42(37)46-43)31-20-22-41-38(26-31)36-15-7-9-17-40(36)44(41)34-24-32(28-11-3-1-4-12-28)23-33(25-34)29-13-5-2-6-14-29/h1-27H. The van der Waals surface area contributed by atoms with Crippen molar-refractivity contribution >= 4 is 43.5 Å². The average molecular weight is 590 g/mol. The summed E-state index contributed by atoms with van der Waals surface area (Å²) >= 11 is 0. The predicted octanol–water partition coefficient (Wildman–Crippen LogP) is 11.0. The van der Waals surface area contributed by atoms with E-state index in [1.54, 1.807) is 0 Å². The van der Waals surface area contributed by atoms with E-state index in [0.29, 0.717) is 11.0 Å². The zero-order valence-corrected chi connectivity index (χ0v) is 24.9. The lowest BCUT2D eigenvalue weighted by Crippen LogP contribution is -2.00. The third kappa shape index (κ3) is 4.25. The Morgan fingerprint density at radius 1 is 0.370 bits per heavy atom. The first-order chi connectivity index (χ1) is 22.7. The molecule has 0 saturated carbocycles. The quantitative estimate of drug-likeness (QED) is 0.151. The van der Waals surface area contributed by atoms with Gasteiger partial charge in [0.15, 0.2) is 0 Å². The number of rotatable bonds is 4. The number of hydrogen-bond donors (Lipinski definition) is 0. The van der Waals surface area contributed by atoms with Gasteiger partial charge in [-0.3, -0.25) is 0 Å². The maximum Gasteiger partial charge on any atom is 0.344 e. The maximum absolute atomic E-state index is 13.0. The first-order valence-electron chi connectivity index (χ1n) is 15.5. The molecule has 0 saturated heterocycles. The van der Waals surface area contributed by atoms with Gasteiger partial charge in [-0.15, -0.1) is 0 Å². The molecule has 0 bridgehead atoms. The van der Waals surface area contributed by atoms with E-state index in [4.69, 9.17) is 4.42 Å². The predicted molar refractivity (Wildman–Crippen MR) is 191 cm³/mol. The van der Waals surface area contributed by atoms with E-state index in [1.165, 1.54) is 27.6 Å². The van der Waals surface area contributed by atoms with Gasteiger partial charge in [-0.05, 0) is 87.3 Å². The molecule has 9 rings (SSSR count). The van der Waals surface area contributed by atoms with Crippen molar-refractivity contribution in [3.8, 4) is 39.1 Å². The van der Waals surface area contributed by atoms with Crippen molar-refractivity contribution in [3.63, 3.8) is 0 Å². The van der Waals surface area contributed by atoms with Gasteiger partial charge < -0.3 is 8.98 Å². The van der Waals surface area contributed by atoms with Gasteiger partial charge in [0.1, 0.15) is 5.58 Å². The largest absolute Gasteiger partial charge is 0.422 e. The molecular weight excluding hydrogens is 562 g/mol. The van der Waals surface area contributed by atoms with Gasteiger partial charge in [-0.2, -0.15) is 0 Å². The van der Waals surface area contributed by atoms with Crippen LogP contribution in [0, 0.1) is 0 Å². The molecule has 9 aromatic rings. The van der Waals surface area contributed by atoms with Crippen molar-refractivity contribution in [2.75, 3.05) is 0 Å². The molecule has 0 radical (unpaired) electrons. The molecule has 2 heterocycles. The number of nitrogens with zero attached hydrogens (tertiary/aromatic N) is 1. The summed E-state index contributed by atoms with van der Waals surface area (Å²) in [6.07, 6.45) is 0. The molecule has 0 spiro atoms. The molecule has 7 aromatic carbocycles. The number of para-hydroxylation sites is 2. The first kappa shape index (κ1) is 26.2. The van der Waals surface area contributed by atoms with E-state index >= 15 is 0 Å². The summed E-state index contributed by atoms with van der Waals surface area (Å²) in [6, 6.07) is 57.0. The Labute approximate surface area is 265 Å². The topological polar surface area (TPSA) is 35.1 Å². The van der Waals surface area contributed by atoms with Crippen LogP contribution in [0.2, 0.25) is 0 Å². The monoisotopic (exact) mass is 589 g/mol. The summed E-state index contributed by atoms with van der Waals surface area (Å²) in [6.45, 7) is 0. The highest BCUT2D eigenvalue weighted by atomic mass is 16.4. The molecule has 3 nitrogen and oxygen atoms in total. The van der Waals surface area contributed by atoms with Crippen LogP contribution in [0.1, 0.15) is 0 Å². The lowest BCUT2D eigenvalue weighted by Gasteiger charge is -2.14. The Morgan fingerprint density at radius 2 is 0.935 bits per heavy atom.